The van der Waals surface area contributed by atoms with E-state index in [1.54, 1.807) is 4.90 Å². The van der Waals surface area contributed by atoms with Crippen LogP contribution >= 0.6 is 0 Å². The van der Waals surface area contributed by atoms with Gasteiger partial charge in [0.15, 0.2) is 0 Å². The van der Waals surface area contributed by atoms with Gasteiger partial charge in [-0.25, -0.2) is 4.39 Å². The summed E-state index contributed by atoms with van der Waals surface area (Å²) in [5.74, 6) is 0.281. The largest absolute Gasteiger partial charge is 0.335 e. The van der Waals surface area contributed by atoms with E-state index < -0.39 is 5.82 Å². The highest BCUT2D eigenvalue weighted by atomic mass is 19.1. The van der Waals surface area contributed by atoms with Crippen molar-refractivity contribution in [1.82, 2.24) is 19.6 Å². The number of rotatable bonds is 4. The zero-order valence-electron chi connectivity index (χ0n) is 14.5. The molecule has 6 nitrogen and oxygen atoms in total. The molecule has 7 heteroatoms. The second kappa shape index (κ2) is 6.99. The maximum Gasteiger partial charge on any atom is 0.274 e. The number of nitrogens with zero attached hydrogens (tertiary/aromatic N) is 4. The van der Waals surface area contributed by atoms with Gasteiger partial charge in [0.25, 0.3) is 11.5 Å². The first-order valence-electron chi connectivity index (χ1n) is 8.98. The van der Waals surface area contributed by atoms with E-state index in [4.69, 9.17) is 0 Å². The summed E-state index contributed by atoms with van der Waals surface area (Å²) < 4.78 is 14.2. The second-order valence-electron chi connectivity index (χ2n) is 6.98. The van der Waals surface area contributed by atoms with E-state index in [0.29, 0.717) is 18.8 Å². The highest BCUT2D eigenvalue weighted by Gasteiger charge is 2.28. The lowest BCUT2D eigenvalue weighted by Crippen LogP contribution is -2.49. The second-order valence-corrected chi connectivity index (χ2v) is 6.98. The van der Waals surface area contributed by atoms with Crippen molar-refractivity contribution in [3.8, 4) is 5.69 Å². The molecule has 2 fully saturated rings. The van der Waals surface area contributed by atoms with Gasteiger partial charge in [0, 0.05) is 38.8 Å². The molecule has 1 saturated heterocycles. The van der Waals surface area contributed by atoms with Crippen molar-refractivity contribution in [2.24, 2.45) is 5.92 Å². The van der Waals surface area contributed by atoms with Crippen molar-refractivity contribution < 1.29 is 9.18 Å². The van der Waals surface area contributed by atoms with Crippen LogP contribution in [0.3, 0.4) is 0 Å². The lowest BCUT2D eigenvalue weighted by molar-refractivity contribution is 0.0624. The average molecular weight is 356 g/mol. The monoisotopic (exact) mass is 356 g/mol. The Morgan fingerprint density at radius 1 is 1.04 bits per heavy atom. The molecule has 4 rings (SSSR count). The minimum Gasteiger partial charge on any atom is -0.335 e. The smallest absolute Gasteiger partial charge is 0.274 e. The van der Waals surface area contributed by atoms with Gasteiger partial charge >= 0.3 is 0 Å². The molecule has 1 aromatic heterocycles. The fourth-order valence-corrected chi connectivity index (χ4v) is 3.25. The van der Waals surface area contributed by atoms with Crippen LogP contribution in [-0.2, 0) is 0 Å². The number of hydrogen-bond donors (Lipinski definition) is 0. The fraction of sp³-hybridized carbons (Fsp3) is 0.421. The SMILES string of the molecule is O=C(c1ccc(=O)n(-c2ccc(F)cc2)n1)N1CCN(CC2CC2)CC1. The van der Waals surface area contributed by atoms with Crippen molar-refractivity contribution >= 4 is 5.91 Å². The lowest BCUT2D eigenvalue weighted by Gasteiger charge is -2.34. The third kappa shape index (κ3) is 3.67. The highest BCUT2D eigenvalue weighted by molar-refractivity contribution is 5.92. The summed E-state index contributed by atoms with van der Waals surface area (Å²) >= 11 is 0. The van der Waals surface area contributed by atoms with E-state index in [0.717, 1.165) is 30.2 Å². The van der Waals surface area contributed by atoms with Crippen molar-refractivity contribution in [1.29, 1.82) is 0 Å². The minimum absolute atomic E-state index is 0.174. The zero-order valence-corrected chi connectivity index (χ0v) is 14.5. The number of carbonyl (C=O) groups is 1. The molecule has 1 amide bonds. The van der Waals surface area contributed by atoms with E-state index in [9.17, 15) is 14.0 Å². The first-order chi connectivity index (χ1) is 12.6. The summed E-state index contributed by atoms with van der Waals surface area (Å²) in [6.45, 7) is 4.22. The molecule has 2 heterocycles. The number of amides is 1. The Morgan fingerprint density at radius 3 is 2.38 bits per heavy atom. The predicted molar refractivity (Wildman–Crippen MR) is 94.9 cm³/mol. The normalized spacial score (nSPS) is 18.1. The fourth-order valence-electron chi connectivity index (χ4n) is 3.25. The molecule has 136 valence electrons. The van der Waals surface area contributed by atoms with Crippen LogP contribution in [0.15, 0.2) is 41.2 Å². The molecule has 1 saturated carbocycles. The Balaban J connectivity index is 1.48. The number of aromatic nitrogens is 2. The van der Waals surface area contributed by atoms with Gasteiger partial charge in [-0.1, -0.05) is 0 Å². The summed E-state index contributed by atoms with van der Waals surface area (Å²) in [7, 11) is 0. The number of piperazine rings is 1. The van der Waals surface area contributed by atoms with Gasteiger partial charge in [-0.3, -0.25) is 14.5 Å². The molecule has 0 N–H and O–H groups in total. The van der Waals surface area contributed by atoms with Crippen LogP contribution in [0.5, 0.6) is 0 Å². The van der Waals surface area contributed by atoms with Gasteiger partial charge in [-0.2, -0.15) is 9.78 Å². The van der Waals surface area contributed by atoms with Crippen LogP contribution in [-0.4, -0.2) is 58.2 Å². The molecular formula is C19H21FN4O2. The summed E-state index contributed by atoms with van der Waals surface area (Å²) in [5, 5.41) is 4.20. The Kier molecular flexibility index (Phi) is 4.55. The predicted octanol–water partition coefficient (Wildman–Crippen LogP) is 1.54. The maximum absolute atomic E-state index is 13.1. The molecule has 0 spiro atoms. The quantitative estimate of drug-likeness (QED) is 0.834. The maximum atomic E-state index is 13.1. The number of halogens is 1. The van der Waals surface area contributed by atoms with Crippen LogP contribution < -0.4 is 5.56 Å². The van der Waals surface area contributed by atoms with Crippen LogP contribution in [0.25, 0.3) is 5.69 Å². The Morgan fingerprint density at radius 2 is 1.73 bits per heavy atom. The van der Waals surface area contributed by atoms with E-state index in [1.165, 1.54) is 49.2 Å². The van der Waals surface area contributed by atoms with Crippen LogP contribution in [0.1, 0.15) is 23.3 Å². The van der Waals surface area contributed by atoms with Gasteiger partial charge < -0.3 is 4.90 Å². The van der Waals surface area contributed by atoms with Crippen LogP contribution in [0, 0.1) is 11.7 Å². The topological polar surface area (TPSA) is 58.4 Å². The van der Waals surface area contributed by atoms with E-state index >= 15 is 0 Å². The third-order valence-electron chi connectivity index (χ3n) is 4.96. The number of benzene rings is 1. The Labute approximate surface area is 150 Å². The van der Waals surface area contributed by atoms with Crippen molar-refractivity contribution in [3.05, 3.63) is 58.3 Å². The number of hydrogen-bond acceptors (Lipinski definition) is 4. The average Bonchev–Trinajstić information content (AvgIpc) is 3.47. The molecule has 2 aromatic rings. The highest BCUT2D eigenvalue weighted by Crippen LogP contribution is 2.29. The first kappa shape index (κ1) is 16.9. The zero-order chi connectivity index (χ0) is 18.1. The molecular weight excluding hydrogens is 335 g/mol. The summed E-state index contributed by atoms with van der Waals surface area (Å²) in [6.07, 6.45) is 2.65. The van der Waals surface area contributed by atoms with Gasteiger partial charge in [0.2, 0.25) is 0 Å². The van der Waals surface area contributed by atoms with Crippen molar-refractivity contribution in [3.63, 3.8) is 0 Å². The summed E-state index contributed by atoms with van der Waals surface area (Å²) in [6, 6.07) is 8.24. The molecule has 1 aliphatic heterocycles. The number of carbonyl (C=O) groups excluding carboxylic acids is 1. The molecule has 0 bridgehead atoms. The van der Waals surface area contributed by atoms with Gasteiger partial charge in [-0.05, 0) is 49.1 Å². The summed E-state index contributed by atoms with van der Waals surface area (Å²) in [4.78, 5) is 29.0. The van der Waals surface area contributed by atoms with Crippen molar-refractivity contribution in [2.75, 3.05) is 32.7 Å². The van der Waals surface area contributed by atoms with Crippen molar-refractivity contribution in [2.45, 2.75) is 12.8 Å². The van der Waals surface area contributed by atoms with Crippen LogP contribution in [0.2, 0.25) is 0 Å². The van der Waals surface area contributed by atoms with Crippen LogP contribution in [0.4, 0.5) is 4.39 Å². The van der Waals surface area contributed by atoms with Gasteiger partial charge in [0.05, 0.1) is 5.69 Å². The molecule has 2 aliphatic rings. The Bertz CT molecular complexity index is 853. The molecule has 0 atom stereocenters. The molecule has 26 heavy (non-hydrogen) atoms. The van der Waals surface area contributed by atoms with Gasteiger partial charge in [-0.15, -0.1) is 0 Å². The molecule has 1 aliphatic carbocycles. The first-order valence-corrected chi connectivity index (χ1v) is 8.98. The van der Waals surface area contributed by atoms with Gasteiger partial charge in [0.1, 0.15) is 11.5 Å². The molecule has 0 unspecified atom stereocenters. The van der Waals surface area contributed by atoms with E-state index in [1.807, 2.05) is 0 Å². The standard InChI is InChI=1S/C19H21FN4O2/c20-15-3-5-16(6-4-15)24-18(25)8-7-17(21-24)19(26)23-11-9-22(10-12-23)13-14-1-2-14/h3-8,14H,1-2,9-13H2. The molecule has 0 radical (unpaired) electrons. The third-order valence-corrected chi connectivity index (χ3v) is 4.96. The minimum atomic E-state index is -0.391. The summed E-state index contributed by atoms with van der Waals surface area (Å²) in [5.41, 5.74) is 0.298. The Hall–Kier alpha value is -2.54. The van der Waals surface area contributed by atoms with E-state index in [2.05, 4.69) is 10.00 Å². The molecule has 1 aromatic carbocycles. The lowest BCUT2D eigenvalue weighted by atomic mass is 10.2. The van der Waals surface area contributed by atoms with E-state index in [-0.39, 0.29) is 17.2 Å².